The van der Waals surface area contributed by atoms with Gasteiger partial charge in [0.05, 0.1) is 19.1 Å². The topological polar surface area (TPSA) is 46.5 Å². The van der Waals surface area contributed by atoms with E-state index < -0.39 is 6.10 Å². The number of hydrogen-bond acceptors (Lipinski definition) is 3. The van der Waals surface area contributed by atoms with E-state index >= 15 is 0 Å². The molecule has 0 heterocycles. The third-order valence-corrected chi connectivity index (χ3v) is 3.82. The van der Waals surface area contributed by atoms with Gasteiger partial charge in [0, 0.05) is 0 Å². The molecule has 0 bridgehead atoms. The van der Waals surface area contributed by atoms with Crippen molar-refractivity contribution in [1.82, 2.24) is 0 Å². The largest absolute Gasteiger partial charge is 0.469 e. The summed E-state index contributed by atoms with van der Waals surface area (Å²) in [4.78, 5) is 11.5. The third-order valence-electron chi connectivity index (χ3n) is 3.82. The van der Waals surface area contributed by atoms with Crippen molar-refractivity contribution in [2.75, 3.05) is 7.11 Å². The lowest BCUT2D eigenvalue weighted by Gasteiger charge is -2.33. The van der Waals surface area contributed by atoms with Gasteiger partial charge in [-0.15, -0.1) is 0 Å². The quantitative estimate of drug-likeness (QED) is 0.751. The Labute approximate surface area is 98.2 Å². The molecule has 16 heavy (non-hydrogen) atoms. The summed E-state index contributed by atoms with van der Waals surface area (Å²) in [5, 5.41) is 10.3. The predicted octanol–water partition coefficient (Wildman–Crippen LogP) is 2.37. The second-order valence-electron chi connectivity index (χ2n) is 5.06. The van der Waals surface area contributed by atoms with E-state index in [4.69, 9.17) is 4.74 Å². The third kappa shape index (κ3) is 3.21. The van der Waals surface area contributed by atoms with Crippen LogP contribution >= 0.6 is 0 Å². The van der Waals surface area contributed by atoms with E-state index in [9.17, 15) is 9.90 Å². The van der Waals surface area contributed by atoms with Crippen molar-refractivity contribution in [3.05, 3.63) is 0 Å². The Morgan fingerprint density at radius 3 is 2.69 bits per heavy atom. The van der Waals surface area contributed by atoms with Crippen molar-refractivity contribution in [2.45, 2.75) is 52.1 Å². The lowest BCUT2D eigenvalue weighted by atomic mass is 9.76. The molecule has 1 saturated carbocycles. The molecule has 1 aliphatic carbocycles. The van der Waals surface area contributed by atoms with E-state index in [1.807, 2.05) is 6.92 Å². The van der Waals surface area contributed by atoms with Gasteiger partial charge in [0.15, 0.2) is 0 Å². The van der Waals surface area contributed by atoms with Crippen LogP contribution in [0.3, 0.4) is 0 Å². The smallest absolute Gasteiger partial charge is 0.311 e. The Morgan fingerprint density at radius 1 is 1.50 bits per heavy atom. The van der Waals surface area contributed by atoms with Gasteiger partial charge >= 0.3 is 5.97 Å². The van der Waals surface area contributed by atoms with Crippen molar-refractivity contribution >= 4 is 5.97 Å². The average Bonchev–Trinajstić information content (AvgIpc) is 2.29. The summed E-state index contributed by atoms with van der Waals surface area (Å²) in [6.45, 7) is 4.15. The maximum Gasteiger partial charge on any atom is 0.311 e. The SMILES string of the molecule is CCC(C(=O)OC)C(O)C1CCCC(C)C1. The highest BCUT2D eigenvalue weighted by atomic mass is 16.5. The zero-order valence-corrected chi connectivity index (χ0v) is 10.6. The number of carbonyl (C=O) groups excluding carboxylic acids is 1. The van der Waals surface area contributed by atoms with Gasteiger partial charge < -0.3 is 9.84 Å². The van der Waals surface area contributed by atoms with Crippen LogP contribution in [-0.4, -0.2) is 24.3 Å². The number of ether oxygens (including phenoxy) is 1. The van der Waals surface area contributed by atoms with Gasteiger partial charge in [0.2, 0.25) is 0 Å². The normalized spacial score (nSPS) is 29.5. The number of hydrogen-bond donors (Lipinski definition) is 1. The second-order valence-corrected chi connectivity index (χ2v) is 5.06. The molecule has 3 heteroatoms. The van der Waals surface area contributed by atoms with Gasteiger partial charge in [-0.2, -0.15) is 0 Å². The Morgan fingerprint density at radius 2 is 2.19 bits per heavy atom. The van der Waals surface area contributed by atoms with E-state index in [0.717, 1.165) is 12.8 Å². The molecular formula is C13H24O3. The Bertz CT molecular complexity index is 227. The summed E-state index contributed by atoms with van der Waals surface area (Å²) in [6.07, 6.45) is 4.62. The van der Waals surface area contributed by atoms with E-state index in [2.05, 4.69) is 6.92 Å². The van der Waals surface area contributed by atoms with Crippen LogP contribution in [-0.2, 0) is 9.53 Å². The van der Waals surface area contributed by atoms with Crippen LogP contribution in [0.4, 0.5) is 0 Å². The van der Waals surface area contributed by atoms with E-state index in [1.165, 1.54) is 20.0 Å². The average molecular weight is 228 g/mol. The van der Waals surface area contributed by atoms with Crippen molar-refractivity contribution < 1.29 is 14.6 Å². The van der Waals surface area contributed by atoms with Crippen LogP contribution in [0, 0.1) is 17.8 Å². The van der Waals surface area contributed by atoms with Crippen molar-refractivity contribution in [1.29, 1.82) is 0 Å². The first-order valence-corrected chi connectivity index (χ1v) is 6.36. The van der Waals surface area contributed by atoms with Crippen LogP contribution in [0.2, 0.25) is 0 Å². The molecule has 94 valence electrons. The minimum atomic E-state index is -0.528. The predicted molar refractivity (Wildman–Crippen MR) is 62.9 cm³/mol. The Kier molecular flexibility index (Phi) is 5.26. The summed E-state index contributed by atoms with van der Waals surface area (Å²) < 4.78 is 4.74. The van der Waals surface area contributed by atoms with Gasteiger partial charge in [-0.1, -0.05) is 26.7 Å². The van der Waals surface area contributed by atoms with E-state index in [-0.39, 0.29) is 17.8 Å². The van der Waals surface area contributed by atoms with Crippen LogP contribution in [0.25, 0.3) is 0 Å². The molecule has 3 nitrogen and oxygen atoms in total. The molecule has 0 aliphatic heterocycles. The fraction of sp³-hybridized carbons (Fsp3) is 0.923. The molecule has 0 spiro atoms. The van der Waals surface area contributed by atoms with E-state index in [1.54, 1.807) is 0 Å². The van der Waals surface area contributed by atoms with Gasteiger partial charge in [0.25, 0.3) is 0 Å². The number of carbonyl (C=O) groups is 1. The van der Waals surface area contributed by atoms with Gasteiger partial charge in [0.1, 0.15) is 0 Å². The highest BCUT2D eigenvalue weighted by molar-refractivity contribution is 5.72. The Balaban J connectivity index is 2.59. The van der Waals surface area contributed by atoms with Crippen LogP contribution < -0.4 is 0 Å². The molecule has 0 aromatic carbocycles. The molecule has 1 aliphatic rings. The fourth-order valence-corrected chi connectivity index (χ4v) is 2.82. The van der Waals surface area contributed by atoms with Crippen LogP contribution in [0.1, 0.15) is 46.0 Å². The standard InChI is InChI=1S/C13H24O3/c1-4-11(13(15)16-3)12(14)10-7-5-6-9(2)8-10/h9-12,14H,4-8H2,1-3H3. The zero-order valence-electron chi connectivity index (χ0n) is 10.6. The number of aliphatic hydroxyl groups excluding tert-OH is 1. The van der Waals surface area contributed by atoms with Crippen LogP contribution in [0.5, 0.6) is 0 Å². The number of aliphatic hydroxyl groups is 1. The Hall–Kier alpha value is -0.570. The maximum absolute atomic E-state index is 11.5. The summed E-state index contributed by atoms with van der Waals surface area (Å²) in [5.41, 5.74) is 0. The van der Waals surface area contributed by atoms with Gasteiger partial charge in [-0.3, -0.25) is 4.79 Å². The highest BCUT2D eigenvalue weighted by Crippen LogP contribution is 2.34. The first kappa shape index (κ1) is 13.5. The molecule has 0 aromatic rings. The summed E-state index contributed by atoms with van der Waals surface area (Å²) in [6, 6.07) is 0. The highest BCUT2D eigenvalue weighted by Gasteiger charge is 2.34. The van der Waals surface area contributed by atoms with Gasteiger partial charge in [-0.25, -0.2) is 0 Å². The molecule has 0 aromatic heterocycles. The molecule has 0 saturated heterocycles. The number of methoxy groups -OCH3 is 1. The molecule has 0 radical (unpaired) electrons. The molecule has 4 atom stereocenters. The molecule has 1 N–H and O–H groups in total. The molecule has 4 unspecified atom stereocenters. The van der Waals surface area contributed by atoms with Crippen molar-refractivity contribution in [3.63, 3.8) is 0 Å². The number of esters is 1. The van der Waals surface area contributed by atoms with Crippen molar-refractivity contribution in [2.24, 2.45) is 17.8 Å². The van der Waals surface area contributed by atoms with Gasteiger partial charge in [-0.05, 0) is 31.1 Å². The second kappa shape index (κ2) is 6.24. The molecule has 0 amide bonds. The maximum atomic E-state index is 11.5. The van der Waals surface area contributed by atoms with Crippen molar-refractivity contribution in [3.8, 4) is 0 Å². The molecular weight excluding hydrogens is 204 g/mol. The lowest BCUT2D eigenvalue weighted by Crippen LogP contribution is -2.36. The summed E-state index contributed by atoms with van der Waals surface area (Å²) in [5.74, 6) is 0.324. The summed E-state index contributed by atoms with van der Waals surface area (Å²) in [7, 11) is 1.39. The molecule has 1 fully saturated rings. The minimum absolute atomic E-state index is 0.270. The minimum Gasteiger partial charge on any atom is -0.469 e. The van der Waals surface area contributed by atoms with Crippen LogP contribution in [0.15, 0.2) is 0 Å². The van der Waals surface area contributed by atoms with E-state index in [0.29, 0.717) is 12.3 Å². The zero-order chi connectivity index (χ0) is 12.1. The number of rotatable bonds is 4. The first-order chi connectivity index (χ1) is 7.60. The lowest BCUT2D eigenvalue weighted by molar-refractivity contribution is -0.151. The summed E-state index contributed by atoms with van der Waals surface area (Å²) >= 11 is 0. The first-order valence-electron chi connectivity index (χ1n) is 6.36. The fourth-order valence-electron chi connectivity index (χ4n) is 2.82. The molecule has 1 rings (SSSR count). The monoisotopic (exact) mass is 228 g/mol.